The maximum absolute atomic E-state index is 10.9. The summed E-state index contributed by atoms with van der Waals surface area (Å²) in [6.45, 7) is 0. The van der Waals surface area contributed by atoms with Gasteiger partial charge in [0.1, 0.15) is 5.75 Å². The van der Waals surface area contributed by atoms with E-state index in [2.05, 4.69) is 91.0 Å². The molecule has 0 saturated carbocycles. The molecule has 0 heterocycles. The topological polar surface area (TPSA) is 20.2 Å². The Labute approximate surface area is 169 Å². The number of rotatable bonds is 1. The molecule has 0 bridgehead atoms. The predicted molar refractivity (Wildman–Crippen MR) is 123 cm³/mol. The van der Waals surface area contributed by atoms with Gasteiger partial charge in [0, 0.05) is 11.5 Å². The van der Waals surface area contributed by atoms with Crippen LogP contribution in [0.5, 0.6) is 5.75 Å². The van der Waals surface area contributed by atoms with Gasteiger partial charge in [-0.2, -0.15) is 0 Å². The standard InChI is InChI=1S/C28H20O/c29-28-17-24-14-20-8-2-1-7-19(20)13-23(24)16-27(28)25-11-5-10-22-12-18-6-3-4-9-21(18)15-26(22)25/h1-10,12-17,25,29H,11H2. The smallest absolute Gasteiger partial charge is 0.120 e. The lowest BCUT2D eigenvalue weighted by molar-refractivity contribution is 0.465. The number of hydrogen-bond donors (Lipinski definition) is 1. The van der Waals surface area contributed by atoms with Crippen LogP contribution in [0.3, 0.4) is 0 Å². The summed E-state index contributed by atoms with van der Waals surface area (Å²) in [5.41, 5.74) is 3.55. The number of phenols is 1. The number of benzene rings is 5. The third-order valence-corrected chi connectivity index (χ3v) is 6.22. The molecule has 5 aromatic rings. The van der Waals surface area contributed by atoms with E-state index in [0.717, 1.165) is 17.4 Å². The van der Waals surface area contributed by atoms with E-state index in [9.17, 15) is 5.11 Å². The Balaban J connectivity index is 1.56. The van der Waals surface area contributed by atoms with Crippen molar-refractivity contribution in [3.63, 3.8) is 0 Å². The van der Waals surface area contributed by atoms with Gasteiger partial charge in [-0.15, -0.1) is 0 Å². The fraction of sp³-hybridized carbons (Fsp3) is 0.0714. The molecule has 1 unspecified atom stereocenters. The van der Waals surface area contributed by atoms with Crippen LogP contribution in [0.1, 0.15) is 29.0 Å². The van der Waals surface area contributed by atoms with E-state index in [1.165, 1.54) is 38.1 Å². The molecule has 0 aliphatic heterocycles. The van der Waals surface area contributed by atoms with E-state index in [0.29, 0.717) is 5.75 Å². The maximum atomic E-state index is 10.9. The summed E-state index contributed by atoms with van der Waals surface area (Å²) < 4.78 is 0. The molecule has 1 N–H and O–H groups in total. The minimum atomic E-state index is 0.162. The van der Waals surface area contributed by atoms with E-state index in [1.54, 1.807) is 0 Å². The fourth-order valence-electron chi connectivity index (χ4n) is 4.75. The summed E-state index contributed by atoms with van der Waals surface area (Å²) in [7, 11) is 0. The van der Waals surface area contributed by atoms with Crippen LogP contribution in [-0.2, 0) is 0 Å². The average molecular weight is 372 g/mol. The first kappa shape index (κ1) is 16.4. The Bertz CT molecular complexity index is 1440. The molecule has 1 nitrogen and oxygen atoms in total. The lowest BCUT2D eigenvalue weighted by atomic mass is 9.80. The Morgan fingerprint density at radius 3 is 1.83 bits per heavy atom. The molecule has 0 fully saturated rings. The van der Waals surface area contributed by atoms with Crippen LogP contribution in [0.15, 0.2) is 91.0 Å². The van der Waals surface area contributed by atoms with Gasteiger partial charge in [0.05, 0.1) is 0 Å². The van der Waals surface area contributed by atoms with Crippen molar-refractivity contribution >= 4 is 38.4 Å². The van der Waals surface area contributed by atoms with Crippen molar-refractivity contribution in [3.05, 3.63) is 108 Å². The number of allylic oxidation sites excluding steroid dienone is 1. The molecule has 0 aromatic heterocycles. The zero-order valence-electron chi connectivity index (χ0n) is 16.0. The molecule has 1 heteroatoms. The highest BCUT2D eigenvalue weighted by Gasteiger charge is 2.22. The van der Waals surface area contributed by atoms with Gasteiger partial charge < -0.3 is 5.11 Å². The van der Waals surface area contributed by atoms with Crippen molar-refractivity contribution in [3.8, 4) is 5.75 Å². The van der Waals surface area contributed by atoms with Crippen molar-refractivity contribution in [2.24, 2.45) is 0 Å². The SMILES string of the molecule is Oc1cc2cc3ccccc3cc2cc1C1CC=Cc2cc3ccccc3cc21. The van der Waals surface area contributed by atoms with Crippen molar-refractivity contribution in [2.75, 3.05) is 0 Å². The Morgan fingerprint density at radius 2 is 1.14 bits per heavy atom. The van der Waals surface area contributed by atoms with Crippen LogP contribution in [-0.4, -0.2) is 5.11 Å². The van der Waals surface area contributed by atoms with Crippen molar-refractivity contribution < 1.29 is 5.11 Å². The summed E-state index contributed by atoms with van der Waals surface area (Å²) >= 11 is 0. The van der Waals surface area contributed by atoms with E-state index in [-0.39, 0.29) is 5.92 Å². The first-order valence-electron chi connectivity index (χ1n) is 10.1. The molecule has 1 atom stereocenters. The van der Waals surface area contributed by atoms with Crippen LogP contribution in [0.25, 0.3) is 38.4 Å². The normalized spacial score (nSPS) is 15.8. The van der Waals surface area contributed by atoms with Gasteiger partial charge in [-0.1, -0.05) is 60.7 Å². The van der Waals surface area contributed by atoms with Gasteiger partial charge in [-0.05, 0) is 86.3 Å². The Hall–Kier alpha value is -3.58. The van der Waals surface area contributed by atoms with Crippen LogP contribution in [0.2, 0.25) is 0 Å². The second-order valence-corrected chi connectivity index (χ2v) is 7.98. The van der Waals surface area contributed by atoms with E-state index < -0.39 is 0 Å². The number of phenolic OH excluding ortho intramolecular Hbond substituents is 1. The molecule has 0 spiro atoms. The predicted octanol–water partition coefficient (Wildman–Crippen LogP) is 7.40. The van der Waals surface area contributed by atoms with Gasteiger partial charge in [-0.25, -0.2) is 0 Å². The summed E-state index contributed by atoms with van der Waals surface area (Å²) in [6, 6.07) is 29.9. The molecule has 1 aliphatic rings. The minimum absolute atomic E-state index is 0.162. The number of aromatic hydroxyl groups is 1. The zero-order valence-corrected chi connectivity index (χ0v) is 16.0. The first-order chi connectivity index (χ1) is 14.3. The van der Waals surface area contributed by atoms with Crippen molar-refractivity contribution in [1.82, 2.24) is 0 Å². The number of hydrogen-bond acceptors (Lipinski definition) is 1. The summed E-state index contributed by atoms with van der Waals surface area (Å²) in [6.07, 6.45) is 5.34. The lowest BCUT2D eigenvalue weighted by Crippen LogP contribution is -2.06. The molecule has 0 saturated heterocycles. The fourth-order valence-corrected chi connectivity index (χ4v) is 4.75. The van der Waals surface area contributed by atoms with Gasteiger partial charge >= 0.3 is 0 Å². The van der Waals surface area contributed by atoms with Crippen LogP contribution >= 0.6 is 0 Å². The highest BCUT2D eigenvalue weighted by Crippen LogP contribution is 2.42. The molecule has 138 valence electrons. The highest BCUT2D eigenvalue weighted by molar-refractivity contribution is 5.99. The molecule has 1 aliphatic carbocycles. The Kier molecular flexibility index (Phi) is 3.51. The van der Waals surface area contributed by atoms with Gasteiger partial charge in [0.25, 0.3) is 0 Å². The first-order valence-corrected chi connectivity index (χ1v) is 10.1. The Morgan fingerprint density at radius 1 is 0.586 bits per heavy atom. The molecule has 0 radical (unpaired) electrons. The minimum Gasteiger partial charge on any atom is -0.508 e. The van der Waals surface area contributed by atoms with Crippen LogP contribution < -0.4 is 0 Å². The lowest BCUT2D eigenvalue weighted by Gasteiger charge is -2.24. The maximum Gasteiger partial charge on any atom is 0.120 e. The average Bonchev–Trinajstić information content (AvgIpc) is 2.75. The van der Waals surface area contributed by atoms with Gasteiger partial charge in [0.15, 0.2) is 0 Å². The monoisotopic (exact) mass is 372 g/mol. The second kappa shape index (κ2) is 6.22. The molecular weight excluding hydrogens is 352 g/mol. The zero-order chi connectivity index (χ0) is 19.4. The second-order valence-electron chi connectivity index (χ2n) is 7.98. The molecule has 0 amide bonds. The van der Waals surface area contributed by atoms with Crippen LogP contribution in [0, 0.1) is 0 Å². The summed E-state index contributed by atoms with van der Waals surface area (Å²) in [4.78, 5) is 0. The summed E-state index contributed by atoms with van der Waals surface area (Å²) in [5, 5.41) is 18.1. The largest absolute Gasteiger partial charge is 0.508 e. The van der Waals surface area contributed by atoms with Gasteiger partial charge in [-0.3, -0.25) is 0 Å². The van der Waals surface area contributed by atoms with Crippen molar-refractivity contribution in [1.29, 1.82) is 0 Å². The highest BCUT2D eigenvalue weighted by atomic mass is 16.3. The van der Waals surface area contributed by atoms with Crippen molar-refractivity contribution in [2.45, 2.75) is 12.3 Å². The van der Waals surface area contributed by atoms with E-state index in [1.807, 2.05) is 6.07 Å². The third-order valence-electron chi connectivity index (χ3n) is 6.22. The quantitative estimate of drug-likeness (QED) is 0.304. The molecular formula is C28H20O. The third kappa shape index (κ3) is 2.62. The number of fused-ring (bicyclic) bond motifs is 4. The summed E-state index contributed by atoms with van der Waals surface area (Å²) in [5.74, 6) is 0.544. The molecule has 29 heavy (non-hydrogen) atoms. The van der Waals surface area contributed by atoms with E-state index >= 15 is 0 Å². The molecule has 6 rings (SSSR count). The van der Waals surface area contributed by atoms with Crippen LogP contribution in [0.4, 0.5) is 0 Å². The van der Waals surface area contributed by atoms with Gasteiger partial charge in [0.2, 0.25) is 0 Å². The molecule has 5 aromatic carbocycles. The van der Waals surface area contributed by atoms with E-state index in [4.69, 9.17) is 0 Å².